The van der Waals surface area contributed by atoms with E-state index in [4.69, 9.17) is 21.4 Å². The molecule has 1 unspecified atom stereocenters. The second-order valence-corrected chi connectivity index (χ2v) is 4.89. The van der Waals surface area contributed by atoms with Gasteiger partial charge in [0.15, 0.2) is 6.10 Å². The number of fused-ring (bicyclic) bond motifs is 1. The maximum Gasteiger partial charge on any atom is 0.334 e. The Morgan fingerprint density at radius 2 is 2.10 bits per heavy atom. The predicted octanol–water partition coefficient (Wildman–Crippen LogP) is 1.66. The fourth-order valence-corrected chi connectivity index (χ4v) is 2.51. The van der Waals surface area contributed by atoms with Gasteiger partial charge >= 0.3 is 5.97 Å². The molecule has 2 aromatic rings. The molecule has 0 aliphatic carbocycles. The number of hydrogen-bond acceptors (Lipinski definition) is 3. The number of benzene rings is 1. The molecule has 0 radical (unpaired) electrons. The van der Waals surface area contributed by atoms with Crippen molar-refractivity contribution in [3.05, 3.63) is 35.0 Å². The predicted molar refractivity (Wildman–Crippen MR) is 78.7 cm³/mol. The van der Waals surface area contributed by atoms with Crippen molar-refractivity contribution in [3.63, 3.8) is 0 Å². The van der Waals surface area contributed by atoms with Gasteiger partial charge in [0.25, 0.3) is 5.91 Å². The van der Waals surface area contributed by atoms with Crippen molar-refractivity contribution in [2.24, 2.45) is 7.05 Å². The Bertz CT molecular complexity index is 657. The molecule has 0 saturated carbocycles. The number of aromatic nitrogens is 1. The number of carboxylic acid groups (broad SMARTS) is 1. The summed E-state index contributed by atoms with van der Waals surface area (Å²) in [6, 6.07) is 7.36. The molecular weight excluding hydrogens is 296 g/mol. The summed E-state index contributed by atoms with van der Waals surface area (Å²) in [4.78, 5) is 23.1. The van der Waals surface area contributed by atoms with E-state index in [1.807, 2.05) is 24.3 Å². The Labute approximate surface area is 126 Å². The van der Waals surface area contributed by atoms with Gasteiger partial charge in [0.2, 0.25) is 0 Å². The average molecular weight is 311 g/mol. The van der Waals surface area contributed by atoms with Crippen LogP contribution in [-0.2, 0) is 16.6 Å². The number of nitrogens with zero attached hydrogens (tertiary/aromatic N) is 1. The molecule has 0 spiro atoms. The highest BCUT2D eigenvalue weighted by atomic mass is 35.5. The van der Waals surface area contributed by atoms with Crippen LogP contribution in [0.15, 0.2) is 24.3 Å². The van der Waals surface area contributed by atoms with Crippen molar-refractivity contribution in [1.82, 2.24) is 9.88 Å². The van der Waals surface area contributed by atoms with Gasteiger partial charge < -0.3 is 19.7 Å². The summed E-state index contributed by atoms with van der Waals surface area (Å²) in [7, 11) is 3.00. The highest BCUT2D eigenvalue weighted by molar-refractivity contribution is 6.38. The van der Waals surface area contributed by atoms with E-state index in [1.165, 1.54) is 7.11 Å². The van der Waals surface area contributed by atoms with E-state index in [2.05, 4.69) is 5.32 Å². The summed E-state index contributed by atoms with van der Waals surface area (Å²) in [5.74, 6) is -1.58. The van der Waals surface area contributed by atoms with Gasteiger partial charge in [0, 0.05) is 25.1 Å². The zero-order valence-corrected chi connectivity index (χ0v) is 12.3. The molecular formula is C14H15ClN2O4. The SMILES string of the molecule is COC(CNC(=O)c1c(Cl)c2ccccc2n1C)C(=O)O. The highest BCUT2D eigenvalue weighted by Crippen LogP contribution is 2.29. The van der Waals surface area contributed by atoms with Gasteiger partial charge in [-0.15, -0.1) is 0 Å². The lowest BCUT2D eigenvalue weighted by Crippen LogP contribution is -2.38. The summed E-state index contributed by atoms with van der Waals surface area (Å²) >= 11 is 6.24. The Morgan fingerprint density at radius 3 is 2.67 bits per heavy atom. The second-order valence-electron chi connectivity index (χ2n) is 4.51. The molecule has 112 valence electrons. The van der Waals surface area contributed by atoms with E-state index in [-0.39, 0.29) is 12.2 Å². The minimum Gasteiger partial charge on any atom is -0.479 e. The van der Waals surface area contributed by atoms with Crippen LogP contribution >= 0.6 is 11.6 Å². The number of hydrogen-bond donors (Lipinski definition) is 2. The Balaban J connectivity index is 2.26. The number of methoxy groups -OCH3 is 1. The normalized spacial score (nSPS) is 12.3. The van der Waals surface area contributed by atoms with Crippen LogP contribution in [0.3, 0.4) is 0 Å². The molecule has 0 bridgehead atoms. The lowest BCUT2D eigenvalue weighted by Gasteiger charge is -2.12. The van der Waals surface area contributed by atoms with Gasteiger partial charge in [-0.2, -0.15) is 0 Å². The lowest BCUT2D eigenvalue weighted by molar-refractivity contribution is -0.148. The van der Waals surface area contributed by atoms with Gasteiger partial charge in [-0.25, -0.2) is 4.79 Å². The molecule has 0 aliphatic rings. The maximum absolute atomic E-state index is 12.2. The summed E-state index contributed by atoms with van der Waals surface area (Å²) < 4.78 is 6.44. The Kier molecular flexibility index (Phi) is 4.50. The highest BCUT2D eigenvalue weighted by Gasteiger charge is 2.22. The molecule has 1 heterocycles. The summed E-state index contributed by atoms with van der Waals surface area (Å²) in [5, 5.41) is 12.5. The minimum absolute atomic E-state index is 0.136. The smallest absolute Gasteiger partial charge is 0.334 e. The maximum atomic E-state index is 12.2. The van der Waals surface area contributed by atoms with E-state index < -0.39 is 18.0 Å². The first-order valence-electron chi connectivity index (χ1n) is 6.24. The molecule has 1 aromatic heterocycles. The number of nitrogens with one attached hydrogen (secondary N) is 1. The Hall–Kier alpha value is -2.05. The number of rotatable bonds is 5. The fourth-order valence-electron chi connectivity index (χ4n) is 2.14. The third-order valence-electron chi connectivity index (χ3n) is 3.27. The Morgan fingerprint density at radius 1 is 1.43 bits per heavy atom. The molecule has 1 aromatic carbocycles. The van der Waals surface area contributed by atoms with Crippen molar-refractivity contribution in [3.8, 4) is 0 Å². The van der Waals surface area contributed by atoms with Crippen LogP contribution in [0, 0.1) is 0 Å². The molecule has 0 saturated heterocycles. The summed E-state index contributed by atoms with van der Waals surface area (Å²) in [6.07, 6.45) is -1.09. The number of carboxylic acids is 1. The molecule has 6 nitrogen and oxygen atoms in total. The number of carbonyl (C=O) groups excluding carboxylic acids is 1. The number of carbonyl (C=O) groups is 2. The van der Waals surface area contributed by atoms with Crippen molar-refractivity contribution in [2.75, 3.05) is 13.7 Å². The van der Waals surface area contributed by atoms with Crippen LogP contribution < -0.4 is 5.32 Å². The van der Waals surface area contributed by atoms with Crippen molar-refractivity contribution >= 4 is 34.4 Å². The topological polar surface area (TPSA) is 80.6 Å². The second kappa shape index (κ2) is 6.15. The number of amides is 1. The van der Waals surface area contributed by atoms with Crippen molar-refractivity contribution < 1.29 is 19.4 Å². The van der Waals surface area contributed by atoms with Crippen LogP contribution in [0.25, 0.3) is 10.9 Å². The van der Waals surface area contributed by atoms with E-state index in [1.54, 1.807) is 11.6 Å². The van der Waals surface area contributed by atoms with Crippen molar-refractivity contribution in [2.45, 2.75) is 6.10 Å². The van der Waals surface area contributed by atoms with Crippen LogP contribution in [-0.4, -0.2) is 41.3 Å². The molecule has 21 heavy (non-hydrogen) atoms. The first-order chi connectivity index (χ1) is 9.97. The van der Waals surface area contributed by atoms with Gasteiger partial charge in [-0.05, 0) is 6.07 Å². The van der Waals surface area contributed by atoms with Crippen LogP contribution in [0.5, 0.6) is 0 Å². The minimum atomic E-state index is -1.14. The van der Waals surface area contributed by atoms with E-state index >= 15 is 0 Å². The third-order valence-corrected chi connectivity index (χ3v) is 3.65. The van der Waals surface area contributed by atoms with Gasteiger partial charge in [-0.1, -0.05) is 29.8 Å². The fraction of sp³-hybridized carbons (Fsp3) is 0.286. The van der Waals surface area contributed by atoms with Crippen molar-refractivity contribution in [1.29, 1.82) is 0 Å². The van der Waals surface area contributed by atoms with Gasteiger partial charge in [0.1, 0.15) is 5.69 Å². The average Bonchev–Trinajstić information content (AvgIpc) is 2.71. The first-order valence-corrected chi connectivity index (χ1v) is 6.62. The van der Waals surface area contributed by atoms with Crippen LogP contribution in [0.2, 0.25) is 5.02 Å². The molecule has 2 rings (SSSR count). The number of aryl methyl sites for hydroxylation is 1. The zero-order valence-electron chi connectivity index (χ0n) is 11.6. The first kappa shape index (κ1) is 15.3. The zero-order chi connectivity index (χ0) is 15.6. The molecule has 1 amide bonds. The van der Waals surface area contributed by atoms with Gasteiger partial charge in [0.05, 0.1) is 11.6 Å². The van der Waals surface area contributed by atoms with Crippen LogP contribution in [0.1, 0.15) is 10.5 Å². The number of para-hydroxylation sites is 1. The number of ether oxygens (including phenoxy) is 1. The monoisotopic (exact) mass is 310 g/mol. The van der Waals surface area contributed by atoms with Crippen LogP contribution in [0.4, 0.5) is 0 Å². The molecule has 1 atom stereocenters. The largest absolute Gasteiger partial charge is 0.479 e. The molecule has 0 fully saturated rings. The lowest BCUT2D eigenvalue weighted by atomic mass is 10.2. The molecule has 2 N–H and O–H groups in total. The summed E-state index contributed by atoms with van der Waals surface area (Å²) in [6.45, 7) is -0.136. The van der Waals surface area contributed by atoms with E-state index in [9.17, 15) is 9.59 Å². The standard InChI is InChI=1S/C14H15ClN2O4/c1-17-9-6-4-3-5-8(9)11(15)12(17)13(18)16-7-10(21-2)14(19)20/h3-6,10H,7H2,1-2H3,(H,16,18)(H,19,20). The van der Waals surface area contributed by atoms with E-state index in [0.717, 1.165) is 10.9 Å². The quantitative estimate of drug-likeness (QED) is 0.880. The number of halogens is 1. The molecule has 7 heteroatoms. The number of aliphatic carboxylic acids is 1. The summed E-state index contributed by atoms with van der Waals surface area (Å²) in [5.41, 5.74) is 1.12. The van der Waals surface area contributed by atoms with Gasteiger partial charge in [-0.3, -0.25) is 4.79 Å². The van der Waals surface area contributed by atoms with E-state index in [0.29, 0.717) is 5.02 Å². The molecule has 0 aliphatic heterocycles. The third kappa shape index (κ3) is 2.86.